The zero-order valence-corrected chi connectivity index (χ0v) is 6.00. The third kappa shape index (κ3) is 1.69. The fourth-order valence-corrected chi connectivity index (χ4v) is 0.713. The summed E-state index contributed by atoms with van der Waals surface area (Å²) in [6, 6.07) is 5.97. The van der Waals surface area contributed by atoms with Crippen LogP contribution < -0.4 is 10.7 Å². The molecule has 0 aliphatic rings. The van der Waals surface area contributed by atoms with E-state index in [-0.39, 0.29) is 10.8 Å². The normalized spacial score (nSPS) is 9.17. The van der Waals surface area contributed by atoms with Gasteiger partial charge < -0.3 is 0 Å². The number of benzene rings is 1. The Hall–Kier alpha value is -1.65. The van der Waals surface area contributed by atoms with Crippen molar-refractivity contribution in [2.45, 2.75) is 0 Å². The minimum atomic E-state index is -1.44. The number of hydrogen-bond donors (Lipinski definition) is 1. The number of para-hydroxylation sites is 1. The van der Waals surface area contributed by atoms with Crippen molar-refractivity contribution in [3.63, 3.8) is 0 Å². The van der Waals surface area contributed by atoms with Crippen molar-refractivity contribution >= 4 is 11.7 Å². The molecule has 1 aromatic rings. The third-order valence-electron chi connectivity index (χ3n) is 1.24. The van der Waals surface area contributed by atoms with Gasteiger partial charge in [-0.05, 0) is 12.1 Å². The topological polar surface area (TPSA) is 32.3 Å². The zero-order valence-electron chi connectivity index (χ0n) is 6.00. The highest BCUT2D eigenvalue weighted by Crippen LogP contribution is 2.12. The summed E-state index contributed by atoms with van der Waals surface area (Å²) >= 11 is 0. The molecule has 64 valence electrons. The molecule has 0 unspecified atom stereocenters. The first kappa shape index (κ1) is 8.45. The van der Waals surface area contributed by atoms with E-state index in [1.807, 2.05) is 0 Å². The smallest absolute Gasteiger partial charge is 0.243 e. The molecule has 2 amide bonds. The Balaban J connectivity index is 2.78. The van der Waals surface area contributed by atoms with Gasteiger partial charge in [0.25, 0.3) is 0 Å². The van der Waals surface area contributed by atoms with E-state index < -0.39 is 6.03 Å². The average molecular weight is 172 g/mol. The van der Waals surface area contributed by atoms with Gasteiger partial charge in [-0.1, -0.05) is 27.2 Å². The number of hydrogen-bond acceptors (Lipinski definition) is 1. The first-order valence-electron chi connectivity index (χ1n) is 3.17. The van der Waals surface area contributed by atoms with E-state index in [0.29, 0.717) is 5.54 Å². The summed E-state index contributed by atoms with van der Waals surface area (Å²) in [5, 5.41) is -0.319. The van der Waals surface area contributed by atoms with Crippen LogP contribution in [0.3, 0.4) is 0 Å². The summed E-state index contributed by atoms with van der Waals surface area (Å²) in [6.45, 7) is 0. The maximum atomic E-state index is 12.7. The molecule has 1 rings (SSSR count). The fraction of sp³-hybridized carbons (Fsp3) is 0. The maximum absolute atomic E-state index is 12.7. The number of halogens is 2. The zero-order chi connectivity index (χ0) is 8.97. The number of nitrogens with one attached hydrogen (secondary N) is 1. The molecule has 0 radical (unpaired) electrons. The lowest BCUT2D eigenvalue weighted by Crippen LogP contribution is -2.29. The van der Waals surface area contributed by atoms with Crippen LogP contribution in [0.25, 0.3) is 0 Å². The molecule has 0 fully saturated rings. The van der Waals surface area contributed by atoms with E-state index in [1.165, 1.54) is 24.3 Å². The highest BCUT2D eigenvalue weighted by Gasteiger charge is 2.13. The molecule has 1 aromatic carbocycles. The Bertz CT molecular complexity index is 265. The van der Waals surface area contributed by atoms with Gasteiger partial charge in [-0.3, -0.25) is 0 Å². The Morgan fingerprint density at radius 2 is 1.92 bits per heavy atom. The van der Waals surface area contributed by atoms with Crippen molar-refractivity contribution in [1.29, 1.82) is 0 Å². The quantitative estimate of drug-likeness (QED) is 0.645. The van der Waals surface area contributed by atoms with Crippen LogP contribution >= 0.6 is 0 Å². The number of anilines is 1. The summed E-state index contributed by atoms with van der Waals surface area (Å²) in [4.78, 5) is 10.4. The van der Waals surface area contributed by atoms with Crippen LogP contribution in [0.2, 0.25) is 0 Å². The molecule has 5 heteroatoms. The van der Waals surface area contributed by atoms with Crippen molar-refractivity contribution < 1.29 is 13.8 Å². The maximum Gasteiger partial charge on any atom is 0.378 e. The van der Waals surface area contributed by atoms with Gasteiger partial charge in [-0.2, -0.15) is 5.54 Å². The number of nitrogens with zero attached hydrogens (tertiary/aromatic N) is 1. The lowest BCUT2D eigenvalue weighted by atomic mass is 10.3. The van der Waals surface area contributed by atoms with Gasteiger partial charge in [-0.15, -0.1) is 5.12 Å². The Labute approximate surface area is 67.5 Å². The SMILES string of the molecule is O=C(NF)N(F)c1ccccc1. The van der Waals surface area contributed by atoms with E-state index in [0.717, 1.165) is 0 Å². The van der Waals surface area contributed by atoms with E-state index in [2.05, 4.69) is 0 Å². The molecule has 0 spiro atoms. The van der Waals surface area contributed by atoms with Crippen molar-refractivity contribution in [3.8, 4) is 0 Å². The molecular formula is C7H6F2N2O. The van der Waals surface area contributed by atoms with Gasteiger partial charge in [0.15, 0.2) is 0 Å². The van der Waals surface area contributed by atoms with Gasteiger partial charge in [-0.25, -0.2) is 4.79 Å². The molecule has 0 aliphatic heterocycles. The summed E-state index contributed by atoms with van der Waals surface area (Å²) in [7, 11) is 0. The third-order valence-corrected chi connectivity index (χ3v) is 1.24. The first-order chi connectivity index (χ1) is 5.75. The van der Waals surface area contributed by atoms with Crippen molar-refractivity contribution in [1.82, 2.24) is 5.54 Å². The monoisotopic (exact) mass is 172 g/mol. The lowest BCUT2D eigenvalue weighted by molar-refractivity contribution is 0.210. The van der Waals surface area contributed by atoms with E-state index in [1.54, 1.807) is 6.07 Å². The van der Waals surface area contributed by atoms with Crippen LogP contribution in [-0.2, 0) is 0 Å². The van der Waals surface area contributed by atoms with E-state index >= 15 is 0 Å². The Morgan fingerprint density at radius 1 is 1.33 bits per heavy atom. The minimum Gasteiger partial charge on any atom is -0.243 e. The number of carbonyl (C=O) groups is 1. The number of rotatable bonds is 1. The summed E-state index contributed by atoms with van der Waals surface area (Å²) in [5.41, 5.74) is 0.655. The van der Waals surface area contributed by atoms with Gasteiger partial charge in [0.05, 0.1) is 5.69 Å². The van der Waals surface area contributed by atoms with Crippen LogP contribution in [0.4, 0.5) is 19.4 Å². The van der Waals surface area contributed by atoms with Crippen molar-refractivity contribution in [2.75, 3.05) is 5.12 Å². The molecule has 0 aliphatic carbocycles. The summed E-state index contributed by atoms with van der Waals surface area (Å²) < 4.78 is 24.2. The molecule has 0 heterocycles. The van der Waals surface area contributed by atoms with Crippen LogP contribution in [0, 0.1) is 0 Å². The second-order valence-electron chi connectivity index (χ2n) is 2.02. The predicted molar refractivity (Wildman–Crippen MR) is 39.7 cm³/mol. The van der Waals surface area contributed by atoms with Crippen LogP contribution in [0.1, 0.15) is 0 Å². The number of urea groups is 1. The van der Waals surface area contributed by atoms with Crippen molar-refractivity contribution in [3.05, 3.63) is 30.3 Å². The van der Waals surface area contributed by atoms with E-state index in [4.69, 9.17) is 0 Å². The van der Waals surface area contributed by atoms with Gasteiger partial charge in [0.1, 0.15) is 0 Å². The molecular weight excluding hydrogens is 166 g/mol. The Kier molecular flexibility index (Phi) is 2.57. The molecule has 3 nitrogen and oxygen atoms in total. The van der Waals surface area contributed by atoms with Crippen LogP contribution in [-0.4, -0.2) is 6.03 Å². The molecule has 0 bridgehead atoms. The van der Waals surface area contributed by atoms with Gasteiger partial charge in [0, 0.05) is 0 Å². The lowest BCUT2D eigenvalue weighted by Gasteiger charge is -2.08. The molecule has 0 saturated carbocycles. The molecule has 12 heavy (non-hydrogen) atoms. The molecule has 0 atom stereocenters. The summed E-state index contributed by atoms with van der Waals surface area (Å²) in [5.74, 6) is 0. The average Bonchev–Trinajstić information content (AvgIpc) is 2.17. The number of carbonyl (C=O) groups excluding carboxylic acids is 1. The van der Waals surface area contributed by atoms with Gasteiger partial charge in [0.2, 0.25) is 0 Å². The largest absolute Gasteiger partial charge is 0.378 e. The fourth-order valence-electron chi connectivity index (χ4n) is 0.713. The van der Waals surface area contributed by atoms with Gasteiger partial charge >= 0.3 is 6.03 Å². The highest BCUT2D eigenvalue weighted by molar-refractivity contribution is 5.88. The Morgan fingerprint density at radius 3 is 2.42 bits per heavy atom. The van der Waals surface area contributed by atoms with E-state index in [9.17, 15) is 13.8 Å². The number of amides is 2. The highest BCUT2D eigenvalue weighted by atomic mass is 19.2. The second-order valence-corrected chi connectivity index (χ2v) is 2.02. The minimum absolute atomic E-state index is 0.0207. The van der Waals surface area contributed by atoms with Crippen molar-refractivity contribution in [2.24, 2.45) is 0 Å². The summed E-state index contributed by atoms with van der Waals surface area (Å²) in [6.07, 6.45) is 0. The second kappa shape index (κ2) is 3.66. The van der Waals surface area contributed by atoms with Crippen LogP contribution in [0.5, 0.6) is 0 Å². The standard InChI is InChI=1S/C7H6F2N2O/c8-10-7(12)11(9)6-4-2-1-3-5-6/h1-5H,(H,10,12). The first-order valence-corrected chi connectivity index (χ1v) is 3.17. The van der Waals surface area contributed by atoms with Crippen LogP contribution in [0.15, 0.2) is 30.3 Å². The molecule has 0 saturated heterocycles. The predicted octanol–water partition coefficient (Wildman–Crippen LogP) is 1.97. The molecule has 0 aromatic heterocycles. The molecule has 1 N–H and O–H groups in total.